The van der Waals surface area contributed by atoms with E-state index in [-0.39, 0.29) is 12.5 Å². The molecule has 0 radical (unpaired) electrons. The summed E-state index contributed by atoms with van der Waals surface area (Å²) >= 11 is 0. The number of hydrogen-bond donors (Lipinski definition) is 2. The summed E-state index contributed by atoms with van der Waals surface area (Å²) in [6.07, 6.45) is 2.36. The topological polar surface area (TPSA) is 62.2 Å². The zero-order chi connectivity index (χ0) is 12.5. The zero-order valence-corrected chi connectivity index (χ0v) is 9.86. The quantitative estimate of drug-likeness (QED) is 0.774. The highest BCUT2D eigenvalue weighted by Gasteiger charge is 2.02. The van der Waals surface area contributed by atoms with Crippen LogP contribution in [0.5, 0.6) is 0 Å². The molecule has 0 unspecified atom stereocenters. The van der Waals surface area contributed by atoms with E-state index in [1.54, 1.807) is 18.2 Å². The number of anilines is 1. The highest BCUT2D eigenvalue weighted by Crippen LogP contribution is 2.05. The SMILES string of the molecule is CCCCC(=O)Nc1cccc(C#CCO)n1. The van der Waals surface area contributed by atoms with Gasteiger partial charge in [0.05, 0.1) is 0 Å². The lowest BCUT2D eigenvalue weighted by Crippen LogP contribution is -2.12. The van der Waals surface area contributed by atoms with Crippen LogP contribution >= 0.6 is 0 Å². The van der Waals surface area contributed by atoms with E-state index in [4.69, 9.17) is 5.11 Å². The molecular weight excluding hydrogens is 216 g/mol. The Morgan fingerprint density at radius 2 is 2.35 bits per heavy atom. The normalized spacial score (nSPS) is 9.29. The first-order valence-corrected chi connectivity index (χ1v) is 5.63. The van der Waals surface area contributed by atoms with Crippen LogP contribution in [0.2, 0.25) is 0 Å². The maximum atomic E-state index is 11.5. The van der Waals surface area contributed by atoms with Crippen molar-refractivity contribution in [3.05, 3.63) is 23.9 Å². The van der Waals surface area contributed by atoms with E-state index in [2.05, 4.69) is 22.1 Å². The van der Waals surface area contributed by atoms with Gasteiger partial charge < -0.3 is 10.4 Å². The van der Waals surface area contributed by atoms with Gasteiger partial charge in [-0.2, -0.15) is 0 Å². The number of pyridine rings is 1. The highest BCUT2D eigenvalue weighted by atomic mass is 16.2. The van der Waals surface area contributed by atoms with Crippen LogP contribution in [-0.4, -0.2) is 22.6 Å². The predicted octanol–water partition coefficient (Wildman–Crippen LogP) is 1.55. The molecule has 0 aliphatic heterocycles. The fourth-order valence-corrected chi connectivity index (χ4v) is 1.25. The van der Waals surface area contributed by atoms with Crippen LogP contribution in [-0.2, 0) is 4.79 Å². The van der Waals surface area contributed by atoms with Gasteiger partial charge in [0.2, 0.25) is 5.91 Å². The second-order valence-electron chi connectivity index (χ2n) is 3.52. The smallest absolute Gasteiger partial charge is 0.225 e. The van der Waals surface area contributed by atoms with Gasteiger partial charge in [-0.05, 0) is 24.5 Å². The molecule has 0 saturated heterocycles. The van der Waals surface area contributed by atoms with E-state index in [1.807, 2.05) is 6.92 Å². The lowest BCUT2D eigenvalue weighted by molar-refractivity contribution is -0.116. The summed E-state index contributed by atoms with van der Waals surface area (Å²) in [5, 5.41) is 11.3. The van der Waals surface area contributed by atoms with Crippen LogP contribution in [0, 0.1) is 11.8 Å². The summed E-state index contributed by atoms with van der Waals surface area (Å²) in [6.45, 7) is 1.84. The van der Waals surface area contributed by atoms with E-state index >= 15 is 0 Å². The molecule has 90 valence electrons. The number of hydrogen-bond acceptors (Lipinski definition) is 3. The average Bonchev–Trinajstić information content (AvgIpc) is 2.34. The van der Waals surface area contributed by atoms with Gasteiger partial charge in [-0.25, -0.2) is 4.98 Å². The second kappa shape index (κ2) is 7.42. The molecule has 1 amide bonds. The van der Waals surface area contributed by atoms with Crippen molar-refractivity contribution in [3.63, 3.8) is 0 Å². The number of nitrogens with zero attached hydrogens (tertiary/aromatic N) is 1. The Morgan fingerprint density at radius 3 is 3.06 bits per heavy atom. The summed E-state index contributed by atoms with van der Waals surface area (Å²) in [6, 6.07) is 5.21. The van der Waals surface area contributed by atoms with Gasteiger partial charge in [0, 0.05) is 6.42 Å². The first-order chi connectivity index (χ1) is 8.26. The van der Waals surface area contributed by atoms with Crippen molar-refractivity contribution in [2.75, 3.05) is 11.9 Å². The maximum absolute atomic E-state index is 11.5. The summed E-state index contributed by atoms with van der Waals surface area (Å²) < 4.78 is 0. The minimum absolute atomic E-state index is 0.0355. The molecular formula is C13H16N2O2. The van der Waals surface area contributed by atoms with Gasteiger partial charge >= 0.3 is 0 Å². The van der Waals surface area contributed by atoms with Crippen LogP contribution in [0.1, 0.15) is 31.9 Å². The Morgan fingerprint density at radius 1 is 1.53 bits per heavy atom. The van der Waals surface area contributed by atoms with Gasteiger partial charge in [0.25, 0.3) is 0 Å². The zero-order valence-electron chi connectivity index (χ0n) is 9.86. The summed E-state index contributed by atoms with van der Waals surface area (Å²) in [5.41, 5.74) is 0.535. The molecule has 0 aliphatic rings. The fourth-order valence-electron chi connectivity index (χ4n) is 1.25. The Labute approximate surface area is 101 Å². The number of aliphatic hydroxyl groups is 1. The molecule has 0 fully saturated rings. The first-order valence-electron chi connectivity index (χ1n) is 5.63. The van der Waals surface area contributed by atoms with Crippen molar-refractivity contribution >= 4 is 11.7 Å². The van der Waals surface area contributed by atoms with E-state index in [0.29, 0.717) is 17.9 Å². The van der Waals surface area contributed by atoms with Gasteiger partial charge in [-0.1, -0.05) is 25.3 Å². The molecule has 1 aromatic rings. The van der Waals surface area contributed by atoms with Crippen LogP contribution in [0.25, 0.3) is 0 Å². The van der Waals surface area contributed by atoms with E-state index < -0.39 is 0 Å². The molecule has 0 saturated carbocycles. The number of amides is 1. The highest BCUT2D eigenvalue weighted by molar-refractivity contribution is 5.89. The summed E-state index contributed by atoms with van der Waals surface area (Å²) in [5.74, 6) is 5.66. The van der Waals surface area contributed by atoms with Gasteiger partial charge in [-0.3, -0.25) is 4.79 Å². The minimum Gasteiger partial charge on any atom is -0.384 e. The number of carbonyl (C=O) groups is 1. The Bertz CT molecular complexity index is 433. The van der Waals surface area contributed by atoms with Crippen LogP contribution < -0.4 is 5.32 Å². The summed E-state index contributed by atoms with van der Waals surface area (Å²) in [7, 11) is 0. The van der Waals surface area contributed by atoms with E-state index in [9.17, 15) is 4.79 Å². The molecule has 0 spiro atoms. The van der Waals surface area contributed by atoms with Crippen LogP contribution in [0.4, 0.5) is 5.82 Å². The second-order valence-corrected chi connectivity index (χ2v) is 3.52. The molecule has 0 bridgehead atoms. The maximum Gasteiger partial charge on any atom is 0.225 e. The molecule has 0 aromatic carbocycles. The van der Waals surface area contributed by atoms with Crippen molar-refractivity contribution < 1.29 is 9.90 Å². The fraction of sp³-hybridized carbons (Fsp3) is 0.385. The number of nitrogens with one attached hydrogen (secondary N) is 1. The molecule has 0 aliphatic carbocycles. The number of aliphatic hydroxyl groups excluding tert-OH is 1. The van der Waals surface area contributed by atoms with Crippen molar-refractivity contribution in [2.24, 2.45) is 0 Å². The standard InChI is InChI=1S/C13H16N2O2/c1-2-3-9-13(17)15-12-8-4-6-11(14-12)7-5-10-16/h4,6,8,16H,2-3,9-10H2,1H3,(H,14,15,17). The largest absolute Gasteiger partial charge is 0.384 e. The Kier molecular flexibility index (Phi) is 5.76. The number of carbonyl (C=O) groups excluding carboxylic acids is 1. The lowest BCUT2D eigenvalue weighted by Gasteiger charge is -2.03. The molecule has 4 nitrogen and oxygen atoms in total. The van der Waals surface area contributed by atoms with Gasteiger partial charge in [0.1, 0.15) is 18.1 Å². The van der Waals surface area contributed by atoms with Gasteiger partial charge in [-0.15, -0.1) is 0 Å². The van der Waals surface area contributed by atoms with Crippen molar-refractivity contribution in [1.82, 2.24) is 4.98 Å². The monoisotopic (exact) mass is 232 g/mol. The number of aromatic nitrogens is 1. The van der Waals surface area contributed by atoms with Crippen molar-refractivity contribution in [3.8, 4) is 11.8 Å². The minimum atomic E-state index is -0.200. The van der Waals surface area contributed by atoms with E-state index in [1.165, 1.54) is 0 Å². The predicted molar refractivity (Wildman–Crippen MR) is 66.4 cm³/mol. The molecule has 2 N–H and O–H groups in total. The van der Waals surface area contributed by atoms with Crippen LogP contribution in [0.3, 0.4) is 0 Å². The molecule has 1 rings (SSSR count). The van der Waals surface area contributed by atoms with E-state index in [0.717, 1.165) is 12.8 Å². The Balaban J connectivity index is 2.62. The molecule has 0 atom stereocenters. The Hall–Kier alpha value is -1.86. The average molecular weight is 232 g/mol. The molecule has 1 aromatic heterocycles. The van der Waals surface area contributed by atoms with Crippen LogP contribution in [0.15, 0.2) is 18.2 Å². The third-order valence-corrected chi connectivity index (χ3v) is 2.07. The molecule has 17 heavy (non-hydrogen) atoms. The first kappa shape index (κ1) is 13.2. The lowest BCUT2D eigenvalue weighted by atomic mass is 10.2. The summed E-state index contributed by atoms with van der Waals surface area (Å²) in [4.78, 5) is 15.6. The third-order valence-electron chi connectivity index (χ3n) is 2.07. The van der Waals surface area contributed by atoms with Crippen molar-refractivity contribution in [2.45, 2.75) is 26.2 Å². The van der Waals surface area contributed by atoms with Crippen molar-refractivity contribution in [1.29, 1.82) is 0 Å². The molecule has 4 heteroatoms. The third kappa shape index (κ3) is 5.14. The number of unbranched alkanes of at least 4 members (excludes halogenated alkanes) is 1. The molecule has 1 heterocycles. The number of rotatable bonds is 4. The van der Waals surface area contributed by atoms with Gasteiger partial charge in [0.15, 0.2) is 0 Å².